The molecule has 0 saturated heterocycles. The van der Waals surface area contributed by atoms with Crippen molar-refractivity contribution in [2.24, 2.45) is 0 Å². The van der Waals surface area contributed by atoms with Gasteiger partial charge in [0.05, 0.1) is 11.4 Å². The van der Waals surface area contributed by atoms with Crippen molar-refractivity contribution in [1.29, 1.82) is 0 Å². The number of hydrogen-bond acceptors (Lipinski definition) is 4. The van der Waals surface area contributed by atoms with Crippen molar-refractivity contribution < 1.29 is 4.79 Å². The molecule has 0 aliphatic carbocycles. The third-order valence-electron chi connectivity index (χ3n) is 4.41. The number of thioether (sulfide) groups is 1. The van der Waals surface area contributed by atoms with Crippen molar-refractivity contribution >= 4 is 39.3 Å². The summed E-state index contributed by atoms with van der Waals surface area (Å²) in [5.41, 5.74) is 4.92. The maximum atomic E-state index is 12.1. The van der Waals surface area contributed by atoms with Gasteiger partial charge in [-0.05, 0) is 47.5 Å². The molecule has 148 valence electrons. The molecule has 4 nitrogen and oxygen atoms in total. The fourth-order valence-electron chi connectivity index (χ4n) is 2.88. The predicted molar refractivity (Wildman–Crippen MR) is 126 cm³/mol. The van der Waals surface area contributed by atoms with Crippen LogP contribution < -0.4 is 5.32 Å². The summed E-state index contributed by atoms with van der Waals surface area (Å²) < 4.78 is 0.972. The number of aromatic nitrogens is 2. The van der Waals surface area contributed by atoms with Gasteiger partial charge in [0.15, 0.2) is 0 Å². The predicted octanol–water partition coefficient (Wildman–Crippen LogP) is 6.30. The van der Waals surface area contributed by atoms with E-state index in [0.717, 1.165) is 27.0 Å². The summed E-state index contributed by atoms with van der Waals surface area (Å²) in [5, 5.41) is 12.1. The molecule has 0 saturated carbocycles. The Balaban J connectivity index is 1.34. The minimum Gasteiger partial charge on any atom is -0.325 e. The highest BCUT2D eigenvalue weighted by molar-refractivity contribution is 9.10. The van der Waals surface area contributed by atoms with E-state index in [1.165, 1.54) is 17.3 Å². The zero-order valence-corrected chi connectivity index (χ0v) is 18.4. The molecule has 1 N–H and O–H groups in total. The van der Waals surface area contributed by atoms with Gasteiger partial charge in [0, 0.05) is 15.7 Å². The quantitative estimate of drug-likeness (QED) is 0.332. The molecule has 1 aromatic heterocycles. The van der Waals surface area contributed by atoms with Gasteiger partial charge in [-0.3, -0.25) is 4.79 Å². The first-order valence-corrected chi connectivity index (χ1v) is 11.1. The van der Waals surface area contributed by atoms with Crippen LogP contribution in [0.5, 0.6) is 0 Å². The Morgan fingerprint density at radius 3 is 2.10 bits per heavy atom. The Bertz CT molecular complexity index is 1120. The first kappa shape index (κ1) is 20.3. The molecule has 6 heteroatoms. The Hall–Kier alpha value is -2.96. The summed E-state index contributed by atoms with van der Waals surface area (Å²) in [6, 6.07) is 29.8. The molecule has 0 aliphatic heterocycles. The fraction of sp³-hybridized carbons (Fsp3) is 0.0417. The normalized spacial score (nSPS) is 10.6. The molecule has 0 atom stereocenters. The highest BCUT2D eigenvalue weighted by Gasteiger charge is 2.07. The van der Waals surface area contributed by atoms with Crippen LogP contribution in [0, 0.1) is 0 Å². The first-order valence-electron chi connectivity index (χ1n) is 9.35. The van der Waals surface area contributed by atoms with Crippen LogP contribution in [0.1, 0.15) is 0 Å². The third-order valence-corrected chi connectivity index (χ3v) is 5.86. The molecule has 4 rings (SSSR count). The van der Waals surface area contributed by atoms with Gasteiger partial charge in [0.2, 0.25) is 5.91 Å². The second-order valence-corrected chi connectivity index (χ2v) is 8.46. The number of benzene rings is 3. The van der Waals surface area contributed by atoms with E-state index in [0.29, 0.717) is 5.03 Å². The lowest BCUT2D eigenvalue weighted by Gasteiger charge is -2.06. The molecule has 30 heavy (non-hydrogen) atoms. The molecule has 0 unspecified atom stereocenters. The molecule has 3 aromatic carbocycles. The van der Waals surface area contributed by atoms with Crippen LogP contribution in [0.15, 0.2) is 100 Å². The topological polar surface area (TPSA) is 54.9 Å². The van der Waals surface area contributed by atoms with Crippen molar-refractivity contribution in [2.45, 2.75) is 5.03 Å². The second-order valence-electron chi connectivity index (χ2n) is 6.54. The second kappa shape index (κ2) is 9.69. The van der Waals surface area contributed by atoms with E-state index in [-0.39, 0.29) is 11.7 Å². The molecule has 0 radical (unpaired) electrons. The van der Waals surface area contributed by atoms with Crippen molar-refractivity contribution in [1.82, 2.24) is 10.2 Å². The lowest BCUT2D eigenvalue weighted by molar-refractivity contribution is -0.113. The van der Waals surface area contributed by atoms with Gasteiger partial charge in [0.25, 0.3) is 0 Å². The number of nitrogens with zero attached hydrogens (tertiary/aromatic N) is 2. The SMILES string of the molecule is O=C(CSc1ccc(-c2ccc(-c3ccccc3)cc2)nn1)Nc1ccc(Br)cc1. The summed E-state index contributed by atoms with van der Waals surface area (Å²) in [5.74, 6) is 0.195. The van der Waals surface area contributed by atoms with Crippen molar-refractivity contribution in [3.05, 3.63) is 95.5 Å². The summed E-state index contributed by atoms with van der Waals surface area (Å²) in [4.78, 5) is 12.1. The smallest absolute Gasteiger partial charge is 0.234 e. The van der Waals surface area contributed by atoms with Crippen LogP contribution in [-0.4, -0.2) is 21.9 Å². The van der Waals surface area contributed by atoms with Crippen LogP contribution in [0.2, 0.25) is 0 Å². The van der Waals surface area contributed by atoms with Crippen LogP contribution >= 0.6 is 27.7 Å². The van der Waals surface area contributed by atoms with Gasteiger partial charge >= 0.3 is 0 Å². The number of amides is 1. The largest absolute Gasteiger partial charge is 0.325 e. The summed E-state index contributed by atoms with van der Waals surface area (Å²) >= 11 is 4.74. The highest BCUT2D eigenvalue weighted by atomic mass is 79.9. The van der Waals surface area contributed by atoms with Crippen molar-refractivity contribution in [3.8, 4) is 22.4 Å². The maximum absolute atomic E-state index is 12.1. The summed E-state index contributed by atoms with van der Waals surface area (Å²) in [6.45, 7) is 0. The van der Waals surface area contributed by atoms with Gasteiger partial charge in [0.1, 0.15) is 5.03 Å². The lowest BCUT2D eigenvalue weighted by atomic mass is 10.0. The standard InChI is InChI=1S/C24H18BrN3OS/c25-20-10-12-21(13-11-20)26-23(29)16-30-24-15-14-22(27-28-24)19-8-6-18(7-9-19)17-4-2-1-3-5-17/h1-15H,16H2,(H,26,29). The zero-order chi connectivity index (χ0) is 20.8. The van der Waals surface area contributed by atoms with E-state index in [1.807, 2.05) is 66.7 Å². The Morgan fingerprint density at radius 1 is 0.767 bits per heavy atom. The summed E-state index contributed by atoms with van der Waals surface area (Å²) in [7, 11) is 0. The summed E-state index contributed by atoms with van der Waals surface area (Å²) in [6.07, 6.45) is 0. The molecule has 0 fully saturated rings. The van der Waals surface area contributed by atoms with E-state index in [1.54, 1.807) is 0 Å². The average Bonchev–Trinajstić information content (AvgIpc) is 2.80. The first-order chi connectivity index (χ1) is 14.7. The Labute approximate surface area is 187 Å². The van der Waals surface area contributed by atoms with Crippen molar-refractivity contribution in [3.63, 3.8) is 0 Å². The molecule has 4 aromatic rings. The minimum absolute atomic E-state index is 0.0790. The van der Waals surface area contributed by atoms with Gasteiger partial charge in [-0.2, -0.15) is 0 Å². The van der Waals surface area contributed by atoms with Gasteiger partial charge < -0.3 is 5.32 Å². The fourth-order valence-corrected chi connectivity index (χ4v) is 3.76. The van der Waals surface area contributed by atoms with Crippen LogP contribution in [-0.2, 0) is 4.79 Å². The number of halogens is 1. The molecule has 0 spiro atoms. The van der Waals surface area contributed by atoms with Crippen molar-refractivity contribution in [2.75, 3.05) is 11.1 Å². The van der Waals surface area contributed by atoms with E-state index >= 15 is 0 Å². The molecule has 1 heterocycles. The van der Waals surface area contributed by atoms with Gasteiger partial charge in [-0.25, -0.2) is 0 Å². The van der Waals surface area contributed by atoms with E-state index in [9.17, 15) is 4.79 Å². The molecular weight excluding hydrogens is 458 g/mol. The monoisotopic (exact) mass is 475 g/mol. The van der Waals surface area contributed by atoms with Crippen LogP contribution in [0.4, 0.5) is 5.69 Å². The number of carbonyl (C=O) groups excluding carboxylic acids is 1. The molecular formula is C24H18BrN3OS. The Morgan fingerprint density at radius 2 is 1.43 bits per heavy atom. The molecule has 1 amide bonds. The zero-order valence-electron chi connectivity index (χ0n) is 16.0. The lowest BCUT2D eigenvalue weighted by Crippen LogP contribution is -2.14. The minimum atomic E-state index is -0.0790. The number of nitrogens with one attached hydrogen (secondary N) is 1. The van der Waals surface area contributed by atoms with Gasteiger partial charge in [-0.1, -0.05) is 82.3 Å². The van der Waals surface area contributed by atoms with E-state index < -0.39 is 0 Å². The van der Waals surface area contributed by atoms with E-state index in [4.69, 9.17) is 0 Å². The van der Waals surface area contributed by atoms with Crippen LogP contribution in [0.3, 0.4) is 0 Å². The average molecular weight is 476 g/mol. The molecule has 0 bridgehead atoms. The Kier molecular flexibility index (Phi) is 6.57. The molecule has 0 aliphatic rings. The van der Waals surface area contributed by atoms with Gasteiger partial charge in [-0.15, -0.1) is 10.2 Å². The third kappa shape index (κ3) is 5.34. The number of carbonyl (C=O) groups is 1. The van der Waals surface area contributed by atoms with E-state index in [2.05, 4.69) is 55.7 Å². The van der Waals surface area contributed by atoms with Crippen LogP contribution in [0.25, 0.3) is 22.4 Å². The number of rotatable bonds is 6. The maximum Gasteiger partial charge on any atom is 0.234 e. The number of anilines is 1. The highest BCUT2D eigenvalue weighted by Crippen LogP contribution is 2.24. The number of hydrogen-bond donors (Lipinski definition) is 1.